The van der Waals surface area contributed by atoms with Gasteiger partial charge in [0, 0.05) is 6.92 Å². The minimum absolute atomic E-state index is 0.0688. The predicted octanol–water partition coefficient (Wildman–Crippen LogP) is 2.83. The standard InChI is InChI=1S/C26H28N4O3/c1-17(27-3)25(32)28-22-16-29(18(2)31)23-13-6-7-14-24(23)30(26(22)33)15-20-11-8-10-19-9-4-5-12-21(19)20/h4-14,17,22,27H,15-16H2,1-3H3,(H,28,32). The third kappa shape index (κ3) is 4.45. The second kappa shape index (κ2) is 9.42. The van der Waals surface area contributed by atoms with Gasteiger partial charge in [-0.05, 0) is 42.4 Å². The summed E-state index contributed by atoms with van der Waals surface area (Å²) in [7, 11) is 1.68. The smallest absolute Gasteiger partial charge is 0.251 e. The number of likely N-dealkylation sites (N-methyl/N-ethyl adjacent to an activating group) is 1. The number of hydrogen-bond acceptors (Lipinski definition) is 4. The Morgan fingerprint density at radius 2 is 1.67 bits per heavy atom. The van der Waals surface area contributed by atoms with Gasteiger partial charge >= 0.3 is 0 Å². The van der Waals surface area contributed by atoms with E-state index >= 15 is 0 Å². The summed E-state index contributed by atoms with van der Waals surface area (Å²) in [6.45, 7) is 3.58. The Morgan fingerprint density at radius 3 is 2.39 bits per heavy atom. The molecule has 0 saturated heterocycles. The van der Waals surface area contributed by atoms with Crippen molar-refractivity contribution in [1.82, 2.24) is 10.6 Å². The van der Waals surface area contributed by atoms with Gasteiger partial charge in [-0.2, -0.15) is 0 Å². The van der Waals surface area contributed by atoms with E-state index in [9.17, 15) is 14.4 Å². The maximum atomic E-state index is 13.8. The largest absolute Gasteiger partial charge is 0.341 e. The number of anilines is 2. The van der Waals surface area contributed by atoms with Crippen LogP contribution in [0.15, 0.2) is 66.7 Å². The summed E-state index contributed by atoms with van der Waals surface area (Å²) in [6.07, 6.45) is 0. The highest BCUT2D eigenvalue weighted by molar-refractivity contribution is 6.08. The SMILES string of the molecule is CNC(C)C(=O)NC1CN(C(C)=O)c2ccccc2N(Cc2cccc3ccccc23)C1=O. The Kier molecular flexibility index (Phi) is 6.42. The summed E-state index contributed by atoms with van der Waals surface area (Å²) in [6, 6.07) is 20.1. The van der Waals surface area contributed by atoms with Crippen LogP contribution < -0.4 is 20.4 Å². The maximum absolute atomic E-state index is 13.8. The van der Waals surface area contributed by atoms with Gasteiger partial charge in [-0.15, -0.1) is 0 Å². The number of carbonyl (C=O) groups excluding carboxylic acids is 3. The van der Waals surface area contributed by atoms with E-state index in [1.807, 2.05) is 66.7 Å². The van der Waals surface area contributed by atoms with Crippen LogP contribution in [0.4, 0.5) is 11.4 Å². The fraction of sp³-hybridized carbons (Fsp3) is 0.269. The summed E-state index contributed by atoms with van der Waals surface area (Å²) < 4.78 is 0. The molecule has 0 bridgehead atoms. The van der Waals surface area contributed by atoms with E-state index in [1.54, 1.807) is 23.8 Å². The van der Waals surface area contributed by atoms with Crippen LogP contribution >= 0.6 is 0 Å². The highest BCUT2D eigenvalue weighted by Gasteiger charge is 2.36. The van der Waals surface area contributed by atoms with Crippen LogP contribution in [0.25, 0.3) is 10.8 Å². The first-order valence-corrected chi connectivity index (χ1v) is 11.0. The summed E-state index contributed by atoms with van der Waals surface area (Å²) in [5, 5.41) is 7.88. The van der Waals surface area contributed by atoms with Gasteiger partial charge in [0.25, 0.3) is 5.91 Å². The van der Waals surface area contributed by atoms with Crippen molar-refractivity contribution in [2.45, 2.75) is 32.5 Å². The zero-order valence-electron chi connectivity index (χ0n) is 19.0. The van der Waals surface area contributed by atoms with E-state index in [4.69, 9.17) is 0 Å². The first-order chi connectivity index (χ1) is 15.9. The fourth-order valence-electron chi connectivity index (χ4n) is 4.18. The van der Waals surface area contributed by atoms with E-state index in [2.05, 4.69) is 10.6 Å². The van der Waals surface area contributed by atoms with Gasteiger partial charge in [0.15, 0.2) is 0 Å². The van der Waals surface area contributed by atoms with E-state index in [1.165, 1.54) is 6.92 Å². The van der Waals surface area contributed by atoms with Gasteiger partial charge in [0.2, 0.25) is 11.8 Å². The van der Waals surface area contributed by atoms with Crippen molar-refractivity contribution >= 4 is 39.9 Å². The Balaban J connectivity index is 1.79. The van der Waals surface area contributed by atoms with E-state index in [-0.39, 0.29) is 24.3 Å². The van der Waals surface area contributed by atoms with Crippen LogP contribution in [0.2, 0.25) is 0 Å². The Morgan fingerprint density at radius 1 is 1.00 bits per heavy atom. The lowest BCUT2D eigenvalue weighted by molar-refractivity contribution is -0.128. The molecule has 7 heteroatoms. The summed E-state index contributed by atoms with van der Waals surface area (Å²) in [5.74, 6) is -0.741. The molecule has 3 amide bonds. The zero-order chi connectivity index (χ0) is 23.5. The molecular weight excluding hydrogens is 416 g/mol. The van der Waals surface area contributed by atoms with Gasteiger partial charge in [0.1, 0.15) is 6.04 Å². The Hall–Kier alpha value is -3.71. The first kappa shape index (κ1) is 22.5. The molecule has 7 nitrogen and oxygen atoms in total. The first-order valence-electron chi connectivity index (χ1n) is 11.0. The Bertz CT molecular complexity index is 1200. The number of fused-ring (bicyclic) bond motifs is 2. The van der Waals surface area contributed by atoms with Crippen LogP contribution in [0.5, 0.6) is 0 Å². The number of carbonyl (C=O) groups is 3. The second-order valence-corrected chi connectivity index (χ2v) is 8.25. The molecular formula is C26H28N4O3. The average molecular weight is 445 g/mol. The van der Waals surface area contributed by atoms with Crippen molar-refractivity contribution in [3.05, 3.63) is 72.3 Å². The van der Waals surface area contributed by atoms with Gasteiger partial charge in [0.05, 0.1) is 30.5 Å². The maximum Gasteiger partial charge on any atom is 0.251 e. The van der Waals surface area contributed by atoms with E-state index in [0.717, 1.165) is 16.3 Å². The topological polar surface area (TPSA) is 81.8 Å². The molecule has 0 spiro atoms. The summed E-state index contributed by atoms with van der Waals surface area (Å²) in [5.41, 5.74) is 2.28. The molecule has 2 unspecified atom stereocenters. The van der Waals surface area contributed by atoms with Crippen molar-refractivity contribution in [2.24, 2.45) is 0 Å². The minimum atomic E-state index is -0.875. The molecule has 0 aliphatic carbocycles. The van der Waals surface area contributed by atoms with E-state index < -0.39 is 12.1 Å². The molecule has 1 aliphatic rings. The number of amides is 3. The molecule has 3 aromatic carbocycles. The van der Waals surface area contributed by atoms with Crippen molar-refractivity contribution in [3.8, 4) is 0 Å². The molecule has 170 valence electrons. The third-order valence-corrected chi connectivity index (χ3v) is 6.12. The number of nitrogens with one attached hydrogen (secondary N) is 2. The number of hydrogen-bond donors (Lipinski definition) is 2. The molecule has 0 radical (unpaired) electrons. The number of benzene rings is 3. The van der Waals surface area contributed by atoms with Crippen LogP contribution in [0.1, 0.15) is 19.4 Å². The van der Waals surface area contributed by atoms with Crippen LogP contribution in [0, 0.1) is 0 Å². The number of nitrogens with zero attached hydrogens (tertiary/aromatic N) is 2. The molecule has 1 aliphatic heterocycles. The summed E-state index contributed by atoms with van der Waals surface area (Å²) in [4.78, 5) is 42.2. The van der Waals surface area contributed by atoms with Gasteiger partial charge in [-0.3, -0.25) is 14.4 Å². The van der Waals surface area contributed by atoms with Crippen LogP contribution in [-0.4, -0.2) is 43.4 Å². The zero-order valence-corrected chi connectivity index (χ0v) is 19.0. The van der Waals surface area contributed by atoms with Crippen LogP contribution in [-0.2, 0) is 20.9 Å². The average Bonchev–Trinajstić information content (AvgIpc) is 2.94. The van der Waals surface area contributed by atoms with Crippen molar-refractivity contribution < 1.29 is 14.4 Å². The highest BCUT2D eigenvalue weighted by atomic mass is 16.2. The van der Waals surface area contributed by atoms with Gasteiger partial charge in [-0.1, -0.05) is 54.6 Å². The normalized spacial score (nSPS) is 16.8. The van der Waals surface area contributed by atoms with Crippen LogP contribution in [0.3, 0.4) is 0 Å². The molecule has 2 atom stereocenters. The molecule has 3 aromatic rings. The third-order valence-electron chi connectivity index (χ3n) is 6.12. The summed E-state index contributed by atoms with van der Waals surface area (Å²) >= 11 is 0. The second-order valence-electron chi connectivity index (χ2n) is 8.25. The lowest BCUT2D eigenvalue weighted by Crippen LogP contribution is -2.55. The van der Waals surface area contributed by atoms with E-state index in [0.29, 0.717) is 17.9 Å². The predicted molar refractivity (Wildman–Crippen MR) is 130 cm³/mol. The molecule has 4 rings (SSSR count). The van der Waals surface area contributed by atoms with Gasteiger partial charge < -0.3 is 20.4 Å². The van der Waals surface area contributed by atoms with Gasteiger partial charge in [-0.25, -0.2) is 0 Å². The highest BCUT2D eigenvalue weighted by Crippen LogP contribution is 2.34. The fourth-order valence-corrected chi connectivity index (χ4v) is 4.18. The van der Waals surface area contributed by atoms with Crippen molar-refractivity contribution in [3.63, 3.8) is 0 Å². The quantitative estimate of drug-likeness (QED) is 0.634. The number of rotatable bonds is 5. The Labute approximate surface area is 193 Å². The molecule has 33 heavy (non-hydrogen) atoms. The minimum Gasteiger partial charge on any atom is -0.341 e. The molecule has 0 aromatic heterocycles. The lowest BCUT2D eigenvalue weighted by atomic mass is 10.0. The molecule has 1 heterocycles. The number of para-hydroxylation sites is 2. The lowest BCUT2D eigenvalue weighted by Gasteiger charge is -2.26. The van der Waals surface area contributed by atoms with Crippen molar-refractivity contribution in [2.75, 3.05) is 23.4 Å². The molecule has 2 N–H and O–H groups in total. The monoisotopic (exact) mass is 444 g/mol. The molecule has 0 fully saturated rings. The molecule has 0 saturated carbocycles. The van der Waals surface area contributed by atoms with Crippen molar-refractivity contribution in [1.29, 1.82) is 0 Å².